The Bertz CT molecular complexity index is 694. The molecule has 2 N–H and O–H groups in total. The number of anilines is 1. The first kappa shape index (κ1) is 19.4. The molecule has 1 fully saturated rings. The van der Waals surface area contributed by atoms with Gasteiger partial charge >= 0.3 is 0 Å². The van der Waals surface area contributed by atoms with E-state index in [9.17, 15) is 0 Å². The summed E-state index contributed by atoms with van der Waals surface area (Å²) in [5.74, 6) is 0.823. The van der Waals surface area contributed by atoms with Crippen LogP contribution < -0.4 is 10.6 Å². The molecule has 5 heteroatoms. The molecule has 0 amide bonds. The van der Waals surface area contributed by atoms with E-state index >= 15 is 0 Å². The van der Waals surface area contributed by atoms with Gasteiger partial charge < -0.3 is 15.4 Å². The number of aliphatic imine (C=N–C) groups is 1. The van der Waals surface area contributed by atoms with Crippen LogP contribution in [0.15, 0.2) is 59.6 Å². The highest BCUT2D eigenvalue weighted by Gasteiger charge is 2.09. The highest BCUT2D eigenvalue weighted by Crippen LogP contribution is 2.07. The zero-order chi connectivity index (χ0) is 18.7. The number of hydrogen-bond donors (Lipinski definition) is 2. The van der Waals surface area contributed by atoms with E-state index < -0.39 is 0 Å². The smallest absolute Gasteiger partial charge is 0.196 e. The maximum Gasteiger partial charge on any atom is 0.196 e. The maximum atomic E-state index is 5.41. The van der Waals surface area contributed by atoms with E-state index in [4.69, 9.17) is 9.73 Å². The van der Waals surface area contributed by atoms with Crippen molar-refractivity contribution in [1.29, 1.82) is 0 Å². The summed E-state index contributed by atoms with van der Waals surface area (Å²) >= 11 is 0. The van der Waals surface area contributed by atoms with Crippen molar-refractivity contribution < 1.29 is 4.74 Å². The van der Waals surface area contributed by atoms with Gasteiger partial charge in [-0.1, -0.05) is 48.0 Å². The molecule has 5 nitrogen and oxygen atoms in total. The topological polar surface area (TPSA) is 48.9 Å². The predicted molar refractivity (Wildman–Crippen MR) is 112 cm³/mol. The Balaban J connectivity index is 1.53. The van der Waals surface area contributed by atoms with Crippen molar-refractivity contribution >= 4 is 11.6 Å². The number of guanidine groups is 1. The van der Waals surface area contributed by atoms with Crippen LogP contribution in [0.3, 0.4) is 0 Å². The van der Waals surface area contributed by atoms with Gasteiger partial charge in [-0.2, -0.15) is 0 Å². The van der Waals surface area contributed by atoms with Crippen molar-refractivity contribution in [2.45, 2.75) is 19.9 Å². The van der Waals surface area contributed by atoms with E-state index in [2.05, 4.69) is 58.9 Å². The summed E-state index contributed by atoms with van der Waals surface area (Å²) in [5.41, 5.74) is 3.52. The first-order valence-corrected chi connectivity index (χ1v) is 9.76. The normalized spacial score (nSPS) is 15.5. The molecular formula is C22H30N4O. The Morgan fingerprint density at radius 2 is 1.78 bits per heavy atom. The molecule has 1 aliphatic heterocycles. The highest BCUT2D eigenvalue weighted by molar-refractivity contribution is 5.93. The largest absolute Gasteiger partial charge is 0.379 e. The Hall–Kier alpha value is -2.37. The summed E-state index contributed by atoms with van der Waals surface area (Å²) in [6.07, 6.45) is 1.08. The number of nitrogens with one attached hydrogen (secondary N) is 2. The standard InChI is InChI=1S/C22H30N4O/c1-19-8-10-20(11-9-19)18-24-22(25-21-6-3-2-4-7-21)23-12-5-13-26-14-16-27-17-15-26/h2-4,6-11H,5,12-18H2,1H3,(H2,23,24,25). The summed E-state index contributed by atoms with van der Waals surface area (Å²) in [5, 5.41) is 6.87. The van der Waals surface area contributed by atoms with Gasteiger partial charge in [-0.15, -0.1) is 0 Å². The second-order valence-corrected chi connectivity index (χ2v) is 6.88. The monoisotopic (exact) mass is 366 g/mol. The van der Waals surface area contributed by atoms with Crippen LogP contribution >= 0.6 is 0 Å². The van der Waals surface area contributed by atoms with E-state index in [1.165, 1.54) is 11.1 Å². The van der Waals surface area contributed by atoms with Crippen LogP contribution in [-0.4, -0.2) is 50.3 Å². The first-order valence-electron chi connectivity index (χ1n) is 9.76. The van der Waals surface area contributed by atoms with Crippen molar-refractivity contribution in [3.8, 4) is 0 Å². The Morgan fingerprint density at radius 3 is 2.52 bits per heavy atom. The summed E-state index contributed by atoms with van der Waals surface area (Å²) < 4.78 is 5.41. The number of aryl methyl sites for hydroxylation is 1. The number of para-hydroxylation sites is 1. The molecule has 0 aromatic heterocycles. The molecule has 1 heterocycles. The van der Waals surface area contributed by atoms with Gasteiger partial charge in [-0.3, -0.25) is 4.90 Å². The fourth-order valence-corrected chi connectivity index (χ4v) is 3.00. The number of rotatable bonds is 7. The van der Waals surface area contributed by atoms with E-state index in [0.29, 0.717) is 6.54 Å². The fraction of sp³-hybridized carbons (Fsp3) is 0.409. The van der Waals surface area contributed by atoms with E-state index in [1.54, 1.807) is 0 Å². The minimum absolute atomic E-state index is 0.659. The van der Waals surface area contributed by atoms with Gasteiger partial charge in [0.05, 0.1) is 19.8 Å². The molecule has 144 valence electrons. The Kier molecular flexibility index (Phi) is 7.69. The lowest BCUT2D eigenvalue weighted by Crippen LogP contribution is -2.38. The molecule has 0 spiro atoms. The average molecular weight is 367 g/mol. The van der Waals surface area contributed by atoms with Gasteiger partial charge in [0.15, 0.2) is 5.96 Å². The van der Waals surface area contributed by atoms with Gasteiger partial charge in [0, 0.05) is 25.3 Å². The van der Waals surface area contributed by atoms with Crippen molar-refractivity contribution in [2.75, 3.05) is 44.7 Å². The van der Waals surface area contributed by atoms with Crippen LogP contribution in [0.2, 0.25) is 0 Å². The van der Waals surface area contributed by atoms with Crippen molar-refractivity contribution in [1.82, 2.24) is 10.2 Å². The van der Waals surface area contributed by atoms with Crippen LogP contribution in [0.25, 0.3) is 0 Å². The lowest BCUT2D eigenvalue weighted by molar-refractivity contribution is 0.0376. The van der Waals surface area contributed by atoms with Gasteiger partial charge in [0.25, 0.3) is 0 Å². The van der Waals surface area contributed by atoms with Crippen molar-refractivity contribution in [2.24, 2.45) is 4.99 Å². The molecular weight excluding hydrogens is 336 g/mol. The molecule has 0 bridgehead atoms. The van der Waals surface area contributed by atoms with Crippen molar-refractivity contribution in [3.63, 3.8) is 0 Å². The number of morpholine rings is 1. The third-order valence-electron chi connectivity index (χ3n) is 4.62. The van der Waals surface area contributed by atoms with Crippen LogP contribution in [-0.2, 0) is 11.3 Å². The molecule has 0 radical (unpaired) electrons. The van der Waals surface area contributed by atoms with Gasteiger partial charge in [-0.05, 0) is 37.6 Å². The lowest BCUT2D eigenvalue weighted by Gasteiger charge is -2.26. The number of nitrogens with zero attached hydrogens (tertiary/aromatic N) is 2. The molecule has 3 rings (SSSR count). The zero-order valence-corrected chi connectivity index (χ0v) is 16.2. The predicted octanol–water partition coefficient (Wildman–Crippen LogP) is 3.28. The second-order valence-electron chi connectivity index (χ2n) is 6.88. The van der Waals surface area contributed by atoms with Gasteiger partial charge in [0.1, 0.15) is 0 Å². The lowest BCUT2D eigenvalue weighted by atomic mass is 10.1. The second kappa shape index (κ2) is 10.7. The number of benzene rings is 2. The molecule has 2 aromatic carbocycles. The molecule has 0 atom stereocenters. The minimum Gasteiger partial charge on any atom is -0.379 e. The average Bonchev–Trinajstić information content (AvgIpc) is 2.72. The van der Waals surface area contributed by atoms with Crippen LogP contribution in [0, 0.1) is 6.92 Å². The zero-order valence-electron chi connectivity index (χ0n) is 16.2. The van der Waals surface area contributed by atoms with Crippen LogP contribution in [0.1, 0.15) is 17.5 Å². The SMILES string of the molecule is Cc1ccc(CN=C(NCCCN2CCOCC2)Nc2ccccc2)cc1. The van der Waals surface area contributed by atoms with Gasteiger partial charge in [-0.25, -0.2) is 4.99 Å². The van der Waals surface area contributed by atoms with Crippen molar-refractivity contribution in [3.05, 3.63) is 65.7 Å². The molecule has 2 aromatic rings. The molecule has 27 heavy (non-hydrogen) atoms. The third-order valence-corrected chi connectivity index (χ3v) is 4.62. The molecule has 0 saturated carbocycles. The molecule has 0 aliphatic carbocycles. The minimum atomic E-state index is 0.659. The highest BCUT2D eigenvalue weighted by atomic mass is 16.5. The third kappa shape index (κ3) is 7.04. The number of hydrogen-bond acceptors (Lipinski definition) is 3. The molecule has 0 unspecified atom stereocenters. The first-order chi connectivity index (χ1) is 13.3. The van der Waals surface area contributed by atoms with E-state index in [0.717, 1.165) is 57.5 Å². The summed E-state index contributed by atoms with van der Waals surface area (Å²) in [7, 11) is 0. The van der Waals surface area contributed by atoms with E-state index in [-0.39, 0.29) is 0 Å². The summed E-state index contributed by atoms with van der Waals surface area (Å²) in [4.78, 5) is 7.22. The Morgan fingerprint density at radius 1 is 1.04 bits per heavy atom. The van der Waals surface area contributed by atoms with Crippen LogP contribution in [0.5, 0.6) is 0 Å². The Labute approximate surface area is 162 Å². The maximum absolute atomic E-state index is 5.41. The van der Waals surface area contributed by atoms with Gasteiger partial charge in [0.2, 0.25) is 0 Å². The number of ether oxygens (including phenoxy) is 1. The fourth-order valence-electron chi connectivity index (χ4n) is 3.00. The quantitative estimate of drug-likeness (QED) is 0.449. The van der Waals surface area contributed by atoms with Crippen LogP contribution in [0.4, 0.5) is 5.69 Å². The summed E-state index contributed by atoms with van der Waals surface area (Å²) in [6, 6.07) is 18.7. The molecule has 1 aliphatic rings. The molecule has 1 saturated heterocycles. The van der Waals surface area contributed by atoms with E-state index in [1.807, 2.05) is 18.2 Å². The summed E-state index contributed by atoms with van der Waals surface area (Å²) in [6.45, 7) is 8.53.